The van der Waals surface area contributed by atoms with Gasteiger partial charge in [-0.05, 0) is 12.1 Å². The van der Waals surface area contributed by atoms with Gasteiger partial charge in [0.05, 0.1) is 31.4 Å². The summed E-state index contributed by atoms with van der Waals surface area (Å²) in [5.74, 6) is -0.172. The molecule has 1 atom stereocenters. The number of carbonyl (C=O) groups is 1. The summed E-state index contributed by atoms with van der Waals surface area (Å²) < 4.78 is 24.3. The maximum atomic E-state index is 13.6. The molecule has 0 radical (unpaired) electrons. The van der Waals surface area contributed by atoms with E-state index in [1.165, 1.54) is 18.4 Å². The fourth-order valence-electron chi connectivity index (χ4n) is 2.71. The highest BCUT2D eigenvalue weighted by atomic mass is 19.1. The van der Waals surface area contributed by atoms with Crippen molar-refractivity contribution in [3.8, 4) is 0 Å². The minimum atomic E-state index is -1.11. The number of halogens is 1. The molecule has 2 N–H and O–H groups in total. The first kappa shape index (κ1) is 17.6. The zero-order chi connectivity index (χ0) is 17.6. The van der Waals surface area contributed by atoms with Crippen LogP contribution in [0.15, 0.2) is 41.0 Å². The van der Waals surface area contributed by atoms with Gasteiger partial charge in [-0.3, -0.25) is 9.69 Å². The molecular weight excluding hydrogens is 327 g/mol. The summed E-state index contributed by atoms with van der Waals surface area (Å²) in [5.41, 5.74) is 0.534. The number of hydrogen-bond acceptors (Lipinski definition) is 5. The van der Waals surface area contributed by atoms with E-state index in [2.05, 4.69) is 10.2 Å². The summed E-state index contributed by atoms with van der Waals surface area (Å²) in [5, 5.41) is 12.6. The van der Waals surface area contributed by atoms with Gasteiger partial charge < -0.3 is 19.6 Å². The molecule has 1 amide bonds. The van der Waals surface area contributed by atoms with Crippen LogP contribution < -0.4 is 5.32 Å². The van der Waals surface area contributed by atoms with Gasteiger partial charge in [0.15, 0.2) is 0 Å². The summed E-state index contributed by atoms with van der Waals surface area (Å²) in [4.78, 5) is 14.3. The Bertz CT molecular complexity index is 713. The van der Waals surface area contributed by atoms with Crippen molar-refractivity contribution in [2.75, 3.05) is 32.8 Å². The van der Waals surface area contributed by atoms with Crippen molar-refractivity contribution in [3.05, 3.63) is 59.3 Å². The van der Waals surface area contributed by atoms with E-state index >= 15 is 0 Å². The standard InChI is InChI=1S/C18H21FN2O4/c19-16-4-2-1-3-15(16)17(22)10-20-18(23)13-9-14(25-12-13)11-21-5-7-24-8-6-21/h1-4,9,12,17,22H,5-8,10-11H2,(H,20,23)/t17-/m0/s1. The Morgan fingerprint density at radius 3 is 2.84 bits per heavy atom. The van der Waals surface area contributed by atoms with Crippen LogP contribution in [0.2, 0.25) is 0 Å². The Labute approximate surface area is 145 Å². The number of nitrogens with zero attached hydrogens (tertiary/aromatic N) is 1. The van der Waals surface area contributed by atoms with Gasteiger partial charge in [-0.15, -0.1) is 0 Å². The minimum Gasteiger partial charge on any atom is -0.467 e. The van der Waals surface area contributed by atoms with Gasteiger partial charge in [-0.2, -0.15) is 0 Å². The Hall–Kier alpha value is -2.22. The molecule has 1 aliphatic rings. The van der Waals surface area contributed by atoms with Crippen molar-refractivity contribution in [2.45, 2.75) is 12.6 Å². The molecule has 25 heavy (non-hydrogen) atoms. The number of aliphatic hydroxyl groups is 1. The Kier molecular flexibility index (Phi) is 5.80. The van der Waals surface area contributed by atoms with Crippen molar-refractivity contribution >= 4 is 5.91 Å². The third-order valence-electron chi connectivity index (χ3n) is 4.12. The molecule has 0 saturated carbocycles. The number of carbonyl (C=O) groups excluding carboxylic acids is 1. The lowest BCUT2D eigenvalue weighted by atomic mass is 10.1. The van der Waals surface area contributed by atoms with Crippen LogP contribution in [0.25, 0.3) is 0 Å². The molecule has 0 bridgehead atoms. The third-order valence-corrected chi connectivity index (χ3v) is 4.12. The quantitative estimate of drug-likeness (QED) is 0.831. The Morgan fingerprint density at radius 1 is 1.32 bits per heavy atom. The summed E-state index contributed by atoms with van der Waals surface area (Å²) in [6, 6.07) is 7.63. The lowest BCUT2D eigenvalue weighted by molar-refractivity contribution is 0.0313. The molecule has 3 rings (SSSR count). The average Bonchev–Trinajstić information content (AvgIpc) is 3.09. The van der Waals surface area contributed by atoms with Crippen LogP contribution in [0.4, 0.5) is 4.39 Å². The lowest BCUT2D eigenvalue weighted by Gasteiger charge is -2.25. The highest BCUT2D eigenvalue weighted by Crippen LogP contribution is 2.16. The smallest absolute Gasteiger partial charge is 0.254 e. The second-order valence-electron chi connectivity index (χ2n) is 5.94. The van der Waals surface area contributed by atoms with E-state index in [0.29, 0.717) is 31.1 Å². The summed E-state index contributed by atoms with van der Waals surface area (Å²) >= 11 is 0. The molecule has 7 heteroatoms. The van der Waals surface area contributed by atoms with Gasteiger partial charge in [0.1, 0.15) is 17.8 Å². The molecule has 1 aromatic heterocycles. The highest BCUT2D eigenvalue weighted by Gasteiger charge is 2.17. The fraction of sp³-hybridized carbons (Fsp3) is 0.389. The molecule has 0 unspecified atom stereocenters. The highest BCUT2D eigenvalue weighted by molar-refractivity contribution is 5.93. The van der Waals surface area contributed by atoms with Gasteiger partial charge in [0.2, 0.25) is 0 Å². The van der Waals surface area contributed by atoms with E-state index < -0.39 is 11.9 Å². The number of rotatable bonds is 6. The van der Waals surface area contributed by atoms with E-state index in [0.717, 1.165) is 13.1 Å². The number of amides is 1. The summed E-state index contributed by atoms with van der Waals surface area (Å²) in [7, 11) is 0. The average molecular weight is 348 g/mol. The van der Waals surface area contributed by atoms with Crippen LogP contribution >= 0.6 is 0 Å². The molecule has 1 saturated heterocycles. The SMILES string of the molecule is O=C(NC[C@H](O)c1ccccc1F)c1coc(CN2CCOCC2)c1. The number of aliphatic hydroxyl groups excluding tert-OH is 1. The van der Waals surface area contributed by atoms with E-state index in [1.807, 2.05) is 0 Å². The fourth-order valence-corrected chi connectivity index (χ4v) is 2.71. The van der Waals surface area contributed by atoms with Crippen LogP contribution in [0.5, 0.6) is 0 Å². The zero-order valence-corrected chi connectivity index (χ0v) is 13.8. The van der Waals surface area contributed by atoms with E-state index in [1.54, 1.807) is 18.2 Å². The Morgan fingerprint density at radius 2 is 2.08 bits per heavy atom. The maximum Gasteiger partial charge on any atom is 0.254 e. The first-order valence-electron chi connectivity index (χ1n) is 8.21. The molecule has 2 heterocycles. The maximum absolute atomic E-state index is 13.6. The summed E-state index contributed by atoms with van der Waals surface area (Å²) in [6.45, 7) is 3.59. The first-order valence-corrected chi connectivity index (χ1v) is 8.21. The van der Waals surface area contributed by atoms with E-state index in [9.17, 15) is 14.3 Å². The topological polar surface area (TPSA) is 74.9 Å². The van der Waals surface area contributed by atoms with Gasteiger partial charge in [0, 0.05) is 25.2 Å². The second kappa shape index (κ2) is 8.24. The molecule has 2 aromatic rings. The van der Waals surface area contributed by atoms with Gasteiger partial charge >= 0.3 is 0 Å². The normalized spacial score (nSPS) is 16.6. The molecule has 1 fully saturated rings. The lowest BCUT2D eigenvalue weighted by Crippen LogP contribution is -2.35. The number of ether oxygens (including phenoxy) is 1. The van der Waals surface area contributed by atoms with Gasteiger partial charge in [-0.1, -0.05) is 18.2 Å². The molecule has 1 aromatic carbocycles. The Balaban J connectivity index is 1.52. The predicted molar refractivity (Wildman–Crippen MR) is 88.5 cm³/mol. The monoisotopic (exact) mass is 348 g/mol. The molecular formula is C18H21FN2O4. The largest absolute Gasteiger partial charge is 0.467 e. The minimum absolute atomic E-state index is 0.0796. The van der Waals surface area contributed by atoms with Crippen LogP contribution in [0, 0.1) is 5.82 Å². The predicted octanol–water partition coefficient (Wildman–Crippen LogP) is 1.71. The van der Waals surface area contributed by atoms with Crippen LogP contribution in [-0.4, -0.2) is 48.8 Å². The number of furan rings is 1. The van der Waals surface area contributed by atoms with Crippen LogP contribution in [0.1, 0.15) is 27.8 Å². The van der Waals surface area contributed by atoms with Crippen LogP contribution in [0.3, 0.4) is 0 Å². The first-order chi connectivity index (χ1) is 12.1. The molecule has 6 nitrogen and oxygen atoms in total. The summed E-state index contributed by atoms with van der Waals surface area (Å²) in [6.07, 6.45) is 0.283. The van der Waals surface area contributed by atoms with Crippen molar-refractivity contribution in [2.24, 2.45) is 0 Å². The van der Waals surface area contributed by atoms with E-state index in [-0.39, 0.29) is 18.0 Å². The van der Waals surface area contributed by atoms with Crippen molar-refractivity contribution in [1.82, 2.24) is 10.2 Å². The van der Waals surface area contributed by atoms with Crippen molar-refractivity contribution in [1.29, 1.82) is 0 Å². The molecule has 0 spiro atoms. The van der Waals surface area contributed by atoms with Crippen molar-refractivity contribution in [3.63, 3.8) is 0 Å². The molecule has 1 aliphatic heterocycles. The number of hydrogen-bond donors (Lipinski definition) is 2. The number of nitrogens with one attached hydrogen (secondary N) is 1. The molecule has 134 valence electrons. The zero-order valence-electron chi connectivity index (χ0n) is 13.8. The number of morpholine rings is 1. The van der Waals surface area contributed by atoms with Crippen molar-refractivity contribution < 1.29 is 23.4 Å². The number of benzene rings is 1. The van der Waals surface area contributed by atoms with Gasteiger partial charge in [0.25, 0.3) is 5.91 Å². The molecule has 0 aliphatic carbocycles. The van der Waals surface area contributed by atoms with Gasteiger partial charge in [-0.25, -0.2) is 4.39 Å². The second-order valence-corrected chi connectivity index (χ2v) is 5.94. The van der Waals surface area contributed by atoms with E-state index in [4.69, 9.17) is 9.15 Å². The third kappa shape index (κ3) is 4.66. The van der Waals surface area contributed by atoms with Crippen LogP contribution in [-0.2, 0) is 11.3 Å².